The molecule has 0 aromatic heterocycles. The lowest BCUT2D eigenvalue weighted by Crippen LogP contribution is -2.29. The van der Waals surface area contributed by atoms with Crippen molar-refractivity contribution in [3.63, 3.8) is 0 Å². The summed E-state index contributed by atoms with van der Waals surface area (Å²) in [5.74, 6) is 1.60. The van der Waals surface area contributed by atoms with Crippen LogP contribution in [0.15, 0.2) is 16.6 Å². The van der Waals surface area contributed by atoms with E-state index >= 15 is 0 Å². The molecule has 4 heteroatoms. The molecule has 0 radical (unpaired) electrons. The molecule has 1 aliphatic carbocycles. The van der Waals surface area contributed by atoms with Gasteiger partial charge in [-0.2, -0.15) is 0 Å². The molecule has 1 saturated carbocycles. The van der Waals surface area contributed by atoms with Gasteiger partial charge >= 0.3 is 0 Å². The standard InChI is InChI=1S/C19H30BrNO2/c1-14(2)23-19-12-17(20)15(11-18(19)22-3)13-21-16-9-7-5-4-6-8-10-16/h11-12,14,16,21H,4-10,13H2,1-3H3. The predicted octanol–water partition coefficient (Wildman–Crippen LogP) is 5.45. The van der Waals surface area contributed by atoms with Crippen molar-refractivity contribution >= 4 is 15.9 Å². The van der Waals surface area contributed by atoms with Gasteiger partial charge in [0, 0.05) is 17.1 Å². The fraction of sp³-hybridized carbons (Fsp3) is 0.684. The minimum Gasteiger partial charge on any atom is -0.493 e. The maximum atomic E-state index is 5.82. The molecule has 0 saturated heterocycles. The Morgan fingerprint density at radius 1 is 1.09 bits per heavy atom. The van der Waals surface area contributed by atoms with E-state index in [9.17, 15) is 0 Å². The Labute approximate surface area is 149 Å². The zero-order valence-electron chi connectivity index (χ0n) is 14.7. The minimum absolute atomic E-state index is 0.134. The normalized spacial score (nSPS) is 16.9. The average molecular weight is 384 g/mol. The second-order valence-electron chi connectivity index (χ2n) is 6.68. The van der Waals surface area contributed by atoms with Crippen LogP contribution in [0.5, 0.6) is 11.5 Å². The highest BCUT2D eigenvalue weighted by molar-refractivity contribution is 9.10. The average Bonchev–Trinajstić information content (AvgIpc) is 2.47. The van der Waals surface area contributed by atoms with Crippen LogP contribution in [0.1, 0.15) is 64.4 Å². The minimum atomic E-state index is 0.134. The summed E-state index contributed by atoms with van der Waals surface area (Å²) in [6, 6.07) is 4.74. The van der Waals surface area contributed by atoms with Gasteiger partial charge in [0.25, 0.3) is 0 Å². The third-order valence-electron chi connectivity index (χ3n) is 4.38. The van der Waals surface area contributed by atoms with Gasteiger partial charge in [-0.3, -0.25) is 0 Å². The molecule has 2 rings (SSSR count). The molecule has 130 valence electrons. The monoisotopic (exact) mass is 383 g/mol. The van der Waals surface area contributed by atoms with Crippen molar-refractivity contribution in [1.29, 1.82) is 0 Å². The van der Waals surface area contributed by atoms with Gasteiger partial charge in [-0.05, 0) is 44.4 Å². The van der Waals surface area contributed by atoms with Crippen molar-refractivity contribution in [2.75, 3.05) is 7.11 Å². The molecule has 0 amide bonds. The van der Waals surface area contributed by atoms with Gasteiger partial charge in [-0.25, -0.2) is 0 Å². The number of hydrogen-bond acceptors (Lipinski definition) is 3. The van der Waals surface area contributed by atoms with E-state index in [0.717, 1.165) is 22.5 Å². The van der Waals surface area contributed by atoms with E-state index in [0.29, 0.717) is 6.04 Å². The summed E-state index contributed by atoms with van der Waals surface area (Å²) in [6.07, 6.45) is 9.61. The summed E-state index contributed by atoms with van der Waals surface area (Å²) in [5.41, 5.74) is 1.22. The van der Waals surface area contributed by atoms with Gasteiger partial charge in [0.1, 0.15) is 0 Å². The molecule has 1 aromatic carbocycles. The summed E-state index contributed by atoms with van der Waals surface area (Å²) >= 11 is 3.68. The Hall–Kier alpha value is -0.740. The molecular formula is C19H30BrNO2. The van der Waals surface area contributed by atoms with Crippen molar-refractivity contribution < 1.29 is 9.47 Å². The topological polar surface area (TPSA) is 30.5 Å². The zero-order chi connectivity index (χ0) is 16.7. The van der Waals surface area contributed by atoms with E-state index in [1.165, 1.54) is 50.5 Å². The van der Waals surface area contributed by atoms with Crippen LogP contribution in [-0.4, -0.2) is 19.3 Å². The fourth-order valence-electron chi connectivity index (χ4n) is 3.13. The Morgan fingerprint density at radius 2 is 1.74 bits per heavy atom. The Kier molecular flexibility index (Phi) is 7.71. The van der Waals surface area contributed by atoms with Crippen LogP contribution in [-0.2, 0) is 6.54 Å². The summed E-state index contributed by atoms with van der Waals surface area (Å²) in [7, 11) is 1.70. The Bertz CT molecular complexity index is 483. The number of benzene rings is 1. The van der Waals surface area contributed by atoms with Gasteiger partial charge < -0.3 is 14.8 Å². The zero-order valence-corrected chi connectivity index (χ0v) is 16.2. The second-order valence-corrected chi connectivity index (χ2v) is 7.54. The quantitative estimate of drug-likeness (QED) is 0.708. The number of methoxy groups -OCH3 is 1. The molecule has 0 spiro atoms. The number of rotatable bonds is 6. The molecule has 0 heterocycles. The van der Waals surface area contributed by atoms with Crippen molar-refractivity contribution in [1.82, 2.24) is 5.32 Å². The molecule has 3 nitrogen and oxygen atoms in total. The van der Waals surface area contributed by atoms with Crippen molar-refractivity contribution in [3.8, 4) is 11.5 Å². The van der Waals surface area contributed by atoms with Gasteiger partial charge in [0.15, 0.2) is 11.5 Å². The van der Waals surface area contributed by atoms with Crippen LogP contribution in [0.4, 0.5) is 0 Å². The molecule has 0 aliphatic heterocycles. The smallest absolute Gasteiger partial charge is 0.162 e. The molecule has 0 atom stereocenters. The molecule has 23 heavy (non-hydrogen) atoms. The highest BCUT2D eigenvalue weighted by Crippen LogP contribution is 2.34. The Balaban J connectivity index is 2.01. The molecule has 0 bridgehead atoms. The maximum Gasteiger partial charge on any atom is 0.162 e. The van der Waals surface area contributed by atoms with Crippen LogP contribution < -0.4 is 14.8 Å². The van der Waals surface area contributed by atoms with Crippen LogP contribution >= 0.6 is 15.9 Å². The molecule has 0 unspecified atom stereocenters. The number of halogens is 1. The summed E-state index contributed by atoms with van der Waals surface area (Å²) in [4.78, 5) is 0. The lowest BCUT2D eigenvalue weighted by molar-refractivity contribution is 0.230. The summed E-state index contributed by atoms with van der Waals surface area (Å²) in [6.45, 7) is 4.92. The number of nitrogens with one attached hydrogen (secondary N) is 1. The lowest BCUT2D eigenvalue weighted by Gasteiger charge is -2.22. The first kappa shape index (κ1) is 18.6. The first-order chi connectivity index (χ1) is 11.1. The van der Waals surface area contributed by atoms with Gasteiger partial charge in [0.05, 0.1) is 13.2 Å². The molecule has 1 fully saturated rings. The van der Waals surface area contributed by atoms with Crippen molar-refractivity contribution in [2.45, 2.75) is 77.5 Å². The molecule has 1 aromatic rings. The van der Waals surface area contributed by atoms with Crippen LogP contribution in [0, 0.1) is 0 Å². The largest absolute Gasteiger partial charge is 0.493 e. The third kappa shape index (κ3) is 6.00. The summed E-state index contributed by atoms with van der Waals surface area (Å²) < 4.78 is 12.4. The number of hydrogen-bond donors (Lipinski definition) is 1. The molecule has 1 aliphatic rings. The van der Waals surface area contributed by atoms with Gasteiger partial charge in [-0.15, -0.1) is 0 Å². The highest BCUT2D eigenvalue weighted by Gasteiger charge is 2.14. The molecular weight excluding hydrogens is 354 g/mol. The van der Waals surface area contributed by atoms with Crippen LogP contribution in [0.3, 0.4) is 0 Å². The first-order valence-corrected chi connectivity index (χ1v) is 9.66. The van der Waals surface area contributed by atoms with E-state index in [1.807, 2.05) is 19.9 Å². The third-order valence-corrected chi connectivity index (χ3v) is 5.12. The fourth-order valence-corrected chi connectivity index (χ4v) is 3.60. The van der Waals surface area contributed by atoms with E-state index in [1.54, 1.807) is 7.11 Å². The Morgan fingerprint density at radius 3 is 2.35 bits per heavy atom. The lowest BCUT2D eigenvalue weighted by atomic mass is 9.96. The van der Waals surface area contributed by atoms with E-state index in [2.05, 4.69) is 27.3 Å². The number of ether oxygens (including phenoxy) is 2. The predicted molar refractivity (Wildman–Crippen MR) is 99.4 cm³/mol. The summed E-state index contributed by atoms with van der Waals surface area (Å²) in [5, 5.41) is 3.73. The van der Waals surface area contributed by atoms with E-state index in [4.69, 9.17) is 9.47 Å². The van der Waals surface area contributed by atoms with Gasteiger partial charge in [0.2, 0.25) is 0 Å². The SMILES string of the molecule is COc1cc(CNC2CCCCCCC2)c(Br)cc1OC(C)C. The first-order valence-electron chi connectivity index (χ1n) is 8.86. The maximum absolute atomic E-state index is 5.82. The second kappa shape index (κ2) is 9.53. The van der Waals surface area contributed by atoms with Gasteiger partial charge in [-0.1, -0.05) is 48.0 Å². The van der Waals surface area contributed by atoms with E-state index < -0.39 is 0 Å². The van der Waals surface area contributed by atoms with E-state index in [-0.39, 0.29) is 6.10 Å². The van der Waals surface area contributed by atoms with Crippen molar-refractivity contribution in [2.24, 2.45) is 0 Å². The van der Waals surface area contributed by atoms with Crippen LogP contribution in [0.25, 0.3) is 0 Å². The highest BCUT2D eigenvalue weighted by atomic mass is 79.9. The van der Waals surface area contributed by atoms with Crippen molar-refractivity contribution in [3.05, 3.63) is 22.2 Å². The molecule has 1 N–H and O–H groups in total. The van der Waals surface area contributed by atoms with Crippen LogP contribution in [0.2, 0.25) is 0 Å².